The van der Waals surface area contributed by atoms with E-state index in [2.05, 4.69) is 4.99 Å². The van der Waals surface area contributed by atoms with Gasteiger partial charge in [0.05, 0.1) is 0 Å². The van der Waals surface area contributed by atoms with Crippen LogP contribution in [0.4, 0.5) is 0 Å². The fourth-order valence-corrected chi connectivity index (χ4v) is 2.50. The molecule has 2 aromatic carbocycles. The Labute approximate surface area is 165 Å². The number of cyclic esters (lactones) is 1. The number of carbonyl (C=O) groups is 3. The van der Waals surface area contributed by atoms with Gasteiger partial charge in [0.2, 0.25) is 5.90 Å². The molecular formula is C20H14ClNO6. The number of hydrogen-bond acceptors (Lipinski definition) is 7. The standard InChI is InChI=1S/C20H14ClNO6/c1-11(23)26-17-8-3-13(10-18(17)27-12(2)24)9-16-20(25)28-19(22-16)14-4-6-15(21)7-5-14/h3-10H,1-2H3/b16-9-. The topological polar surface area (TPSA) is 91.3 Å². The van der Waals surface area contributed by atoms with Gasteiger partial charge in [-0.05, 0) is 48.0 Å². The van der Waals surface area contributed by atoms with Crippen LogP contribution < -0.4 is 9.47 Å². The Balaban J connectivity index is 1.93. The fourth-order valence-electron chi connectivity index (χ4n) is 2.37. The lowest BCUT2D eigenvalue weighted by atomic mass is 10.1. The van der Waals surface area contributed by atoms with E-state index < -0.39 is 17.9 Å². The van der Waals surface area contributed by atoms with Crippen LogP contribution in [0.15, 0.2) is 53.2 Å². The van der Waals surface area contributed by atoms with E-state index in [9.17, 15) is 14.4 Å². The van der Waals surface area contributed by atoms with E-state index >= 15 is 0 Å². The van der Waals surface area contributed by atoms with Gasteiger partial charge in [0.25, 0.3) is 0 Å². The van der Waals surface area contributed by atoms with Crippen molar-refractivity contribution < 1.29 is 28.6 Å². The van der Waals surface area contributed by atoms with Gasteiger partial charge in [-0.25, -0.2) is 9.79 Å². The molecule has 0 fully saturated rings. The highest BCUT2D eigenvalue weighted by Crippen LogP contribution is 2.30. The molecule has 1 aliphatic heterocycles. The molecule has 3 rings (SSSR count). The second kappa shape index (κ2) is 8.06. The van der Waals surface area contributed by atoms with Gasteiger partial charge in [-0.1, -0.05) is 17.7 Å². The van der Waals surface area contributed by atoms with Crippen LogP contribution in [-0.4, -0.2) is 23.8 Å². The van der Waals surface area contributed by atoms with Gasteiger partial charge < -0.3 is 14.2 Å². The average Bonchev–Trinajstić information content (AvgIpc) is 2.97. The van der Waals surface area contributed by atoms with Crippen LogP contribution >= 0.6 is 11.6 Å². The summed E-state index contributed by atoms with van der Waals surface area (Å²) in [6.45, 7) is 2.45. The van der Waals surface area contributed by atoms with Gasteiger partial charge in [0.1, 0.15) is 0 Å². The number of carbonyl (C=O) groups excluding carboxylic acids is 3. The summed E-state index contributed by atoms with van der Waals surface area (Å²) < 4.78 is 15.3. The van der Waals surface area contributed by atoms with Crippen molar-refractivity contribution in [2.24, 2.45) is 4.99 Å². The maximum Gasteiger partial charge on any atom is 0.363 e. The number of ether oxygens (including phenoxy) is 3. The summed E-state index contributed by atoms with van der Waals surface area (Å²) in [5.41, 5.74) is 1.17. The maximum atomic E-state index is 12.1. The average molecular weight is 400 g/mol. The molecule has 0 aromatic heterocycles. The minimum Gasteiger partial charge on any atom is -0.423 e. The Kier molecular flexibility index (Phi) is 5.56. The lowest BCUT2D eigenvalue weighted by Gasteiger charge is -2.09. The molecule has 0 spiro atoms. The van der Waals surface area contributed by atoms with Crippen molar-refractivity contribution in [3.05, 3.63) is 64.3 Å². The Morgan fingerprint density at radius 2 is 1.64 bits per heavy atom. The van der Waals surface area contributed by atoms with E-state index in [-0.39, 0.29) is 23.1 Å². The van der Waals surface area contributed by atoms with Crippen molar-refractivity contribution in [1.82, 2.24) is 0 Å². The number of halogens is 1. The van der Waals surface area contributed by atoms with E-state index in [0.717, 1.165) is 0 Å². The zero-order chi connectivity index (χ0) is 20.3. The number of aliphatic imine (C=N–C) groups is 1. The van der Waals surface area contributed by atoms with Crippen LogP contribution in [0.2, 0.25) is 5.02 Å². The summed E-state index contributed by atoms with van der Waals surface area (Å²) in [6.07, 6.45) is 1.47. The highest BCUT2D eigenvalue weighted by Gasteiger charge is 2.24. The predicted molar refractivity (Wildman–Crippen MR) is 101 cm³/mol. The van der Waals surface area contributed by atoms with Crippen molar-refractivity contribution in [3.8, 4) is 11.5 Å². The normalized spacial score (nSPS) is 14.5. The van der Waals surface area contributed by atoms with Crippen LogP contribution in [0.25, 0.3) is 6.08 Å². The monoisotopic (exact) mass is 399 g/mol. The molecule has 0 atom stereocenters. The van der Waals surface area contributed by atoms with E-state index in [1.807, 2.05) is 0 Å². The van der Waals surface area contributed by atoms with Crippen molar-refractivity contribution in [2.45, 2.75) is 13.8 Å². The molecule has 0 aliphatic carbocycles. The Hall–Kier alpha value is -3.45. The van der Waals surface area contributed by atoms with E-state index in [1.165, 1.54) is 32.1 Å². The Morgan fingerprint density at radius 3 is 2.29 bits per heavy atom. The third kappa shape index (κ3) is 4.63. The molecule has 142 valence electrons. The molecule has 0 unspecified atom stereocenters. The minimum absolute atomic E-state index is 0.0466. The smallest absolute Gasteiger partial charge is 0.363 e. The van der Waals surface area contributed by atoms with Gasteiger partial charge in [-0.15, -0.1) is 0 Å². The summed E-state index contributed by atoms with van der Waals surface area (Å²) >= 11 is 5.85. The van der Waals surface area contributed by atoms with E-state index in [1.54, 1.807) is 30.3 Å². The van der Waals surface area contributed by atoms with Gasteiger partial charge in [-0.2, -0.15) is 0 Å². The first kappa shape index (κ1) is 19.3. The largest absolute Gasteiger partial charge is 0.423 e. The molecule has 0 bridgehead atoms. The molecule has 1 aliphatic rings. The zero-order valence-corrected chi connectivity index (χ0v) is 15.6. The van der Waals surface area contributed by atoms with Gasteiger partial charge >= 0.3 is 17.9 Å². The van der Waals surface area contributed by atoms with Gasteiger partial charge in [-0.3, -0.25) is 9.59 Å². The van der Waals surface area contributed by atoms with Crippen LogP contribution in [0.3, 0.4) is 0 Å². The molecule has 1 heterocycles. The first-order valence-corrected chi connectivity index (χ1v) is 8.49. The SMILES string of the molecule is CC(=O)Oc1ccc(/C=C2\N=C(c3ccc(Cl)cc3)OC2=O)cc1OC(C)=O. The summed E-state index contributed by atoms with van der Waals surface area (Å²) in [5.74, 6) is -1.47. The van der Waals surface area contributed by atoms with Crippen molar-refractivity contribution in [2.75, 3.05) is 0 Å². The molecular weight excluding hydrogens is 386 g/mol. The Morgan fingerprint density at radius 1 is 1.00 bits per heavy atom. The number of nitrogens with zero attached hydrogens (tertiary/aromatic N) is 1. The molecule has 8 heteroatoms. The Bertz CT molecular complexity index is 1020. The van der Waals surface area contributed by atoms with Gasteiger partial charge in [0.15, 0.2) is 17.2 Å². The summed E-state index contributed by atoms with van der Waals surface area (Å²) in [7, 11) is 0. The van der Waals surface area contributed by atoms with Gasteiger partial charge in [0, 0.05) is 24.4 Å². The number of benzene rings is 2. The third-order valence-electron chi connectivity index (χ3n) is 3.49. The molecule has 0 radical (unpaired) electrons. The van der Waals surface area contributed by atoms with Crippen molar-refractivity contribution in [1.29, 1.82) is 0 Å². The zero-order valence-electron chi connectivity index (χ0n) is 14.9. The molecule has 0 N–H and O–H groups in total. The number of rotatable bonds is 4. The highest BCUT2D eigenvalue weighted by molar-refractivity contribution is 6.30. The van der Waals surface area contributed by atoms with E-state index in [4.69, 9.17) is 25.8 Å². The number of esters is 3. The van der Waals surface area contributed by atoms with E-state index in [0.29, 0.717) is 16.1 Å². The van der Waals surface area contributed by atoms with Crippen molar-refractivity contribution in [3.63, 3.8) is 0 Å². The molecule has 28 heavy (non-hydrogen) atoms. The second-order valence-corrected chi connectivity index (χ2v) is 6.17. The first-order valence-electron chi connectivity index (χ1n) is 8.11. The fraction of sp³-hybridized carbons (Fsp3) is 0.100. The predicted octanol–water partition coefficient (Wildman–Crippen LogP) is 3.54. The molecule has 0 saturated carbocycles. The van der Waals surface area contributed by atoms with Crippen LogP contribution in [0, 0.1) is 0 Å². The molecule has 7 nitrogen and oxygen atoms in total. The lowest BCUT2D eigenvalue weighted by Crippen LogP contribution is -2.07. The number of hydrogen-bond donors (Lipinski definition) is 0. The quantitative estimate of drug-likeness (QED) is 0.443. The third-order valence-corrected chi connectivity index (χ3v) is 3.74. The minimum atomic E-state index is -0.622. The lowest BCUT2D eigenvalue weighted by molar-refractivity contribution is -0.134. The summed E-state index contributed by atoms with van der Waals surface area (Å²) in [6, 6.07) is 11.2. The summed E-state index contributed by atoms with van der Waals surface area (Å²) in [4.78, 5) is 38.8. The maximum absolute atomic E-state index is 12.1. The van der Waals surface area contributed by atoms with Crippen molar-refractivity contribution >= 4 is 41.5 Å². The second-order valence-electron chi connectivity index (χ2n) is 5.74. The van der Waals surface area contributed by atoms with Crippen LogP contribution in [0.1, 0.15) is 25.0 Å². The first-order chi connectivity index (χ1) is 13.3. The molecule has 2 aromatic rings. The van der Waals surface area contributed by atoms with Crippen LogP contribution in [-0.2, 0) is 19.1 Å². The van der Waals surface area contributed by atoms with Crippen LogP contribution in [0.5, 0.6) is 11.5 Å². The molecule has 0 saturated heterocycles. The molecule has 0 amide bonds. The summed E-state index contributed by atoms with van der Waals surface area (Å²) in [5, 5.41) is 0.551. The highest BCUT2D eigenvalue weighted by atomic mass is 35.5.